The van der Waals surface area contributed by atoms with Crippen molar-refractivity contribution in [2.45, 2.75) is 6.42 Å². The van der Waals surface area contributed by atoms with Crippen molar-refractivity contribution in [3.63, 3.8) is 0 Å². The Morgan fingerprint density at radius 2 is 1.83 bits per heavy atom. The van der Waals surface area contributed by atoms with Crippen LogP contribution in [0.15, 0.2) is 24.3 Å². The van der Waals surface area contributed by atoms with Crippen molar-refractivity contribution < 1.29 is 8.78 Å². The molecule has 2 rings (SSSR count). The highest BCUT2D eigenvalue weighted by molar-refractivity contribution is 6.32. The van der Waals surface area contributed by atoms with Crippen molar-refractivity contribution in [1.82, 2.24) is 0 Å². The van der Waals surface area contributed by atoms with Crippen LogP contribution in [0.4, 0.5) is 20.2 Å². The van der Waals surface area contributed by atoms with Crippen molar-refractivity contribution in [3.8, 4) is 6.07 Å². The van der Waals surface area contributed by atoms with Crippen LogP contribution in [0.2, 0.25) is 5.02 Å². The molecule has 0 unspecified atom stereocenters. The smallest absolute Gasteiger partial charge is 0.259 e. The number of anilines is 1. The molecule has 0 fully saturated rings. The normalized spacial score (nSPS) is 10.0. The van der Waals surface area contributed by atoms with Gasteiger partial charge in [0, 0.05) is 26.2 Å². The van der Waals surface area contributed by atoms with Crippen LogP contribution < -0.4 is 4.90 Å². The average molecular weight is 332 g/mol. The Morgan fingerprint density at radius 1 is 1.22 bits per heavy atom. The van der Waals surface area contributed by atoms with Gasteiger partial charge < -0.3 is 4.90 Å². The van der Waals surface area contributed by atoms with E-state index in [4.69, 9.17) is 23.4 Å². The molecule has 0 heterocycles. The lowest BCUT2D eigenvalue weighted by Crippen LogP contribution is -2.08. The van der Waals surface area contributed by atoms with Crippen molar-refractivity contribution >= 4 is 23.0 Å². The zero-order chi connectivity index (χ0) is 17.1. The Hall–Kier alpha value is -2.63. The molecule has 0 bridgehead atoms. The number of nitriles is 1. The van der Waals surface area contributed by atoms with Crippen LogP contribution in [0.1, 0.15) is 16.7 Å². The highest BCUT2D eigenvalue weighted by atomic mass is 35.5. The maximum Gasteiger partial charge on any atom is 0.259 e. The van der Waals surface area contributed by atoms with E-state index in [9.17, 15) is 8.78 Å². The van der Waals surface area contributed by atoms with Crippen molar-refractivity contribution in [2.75, 3.05) is 19.0 Å². The molecule has 0 atom stereocenters. The van der Waals surface area contributed by atoms with E-state index in [0.717, 1.165) is 11.3 Å². The van der Waals surface area contributed by atoms with E-state index >= 15 is 0 Å². The minimum Gasteiger partial charge on any atom is -0.378 e. The summed E-state index contributed by atoms with van der Waals surface area (Å²) in [6, 6.07) is 8.99. The maximum absolute atomic E-state index is 14.1. The number of hydrogen-bond acceptors (Lipinski definition) is 2. The van der Waals surface area contributed by atoms with Crippen LogP contribution >= 0.6 is 11.6 Å². The van der Waals surface area contributed by atoms with Gasteiger partial charge in [-0.05, 0) is 23.3 Å². The molecule has 3 nitrogen and oxygen atoms in total. The Morgan fingerprint density at radius 3 is 2.30 bits per heavy atom. The molecular weight excluding hydrogens is 320 g/mol. The van der Waals surface area contributed by atoms with Crippen molar-refractivity contribution in [2.24, 2.45) is 0 Å². The van der Waals surface area contributed by atoms with Crippen LogP contribution in [0.5, 0.6) is 0 Å². The summed E-state index contributed by atoms with van der Waals surface area (Å²) >= 11 is 5.92. The van der Waals surface area contributed by atoms with E-state index in [-0.39, 0.29) is 22.6 Å². The number of hydrogen-bond donors (Lipinski definition) is 0. The predicted octanol–water partition coefficient (Wildman–Crippen LogP) is 4.70. The van der Waals surface area contributed by atoms with Crippen LogP contribution in [0.3, 0.4) is 0 Å². The van der Waals surface area contributed by atoms with E-state index in [1.54, 1.807) is 18.2 Å². The van der Waals surface area contributed by atoms with Crippen LogP contribution in [-0.2, 0) is 6.42 Å². The van der Waals surface area contributed by atoms with E-state index < -0.39 is 17.3 Å². The molecule has 0 N–H and O–H groups in total. The molecule has 0 spiro atoms. The third kappa shape index (κ3) is 3.11. The molecule has 0 aliphatic carbocycles. The average Bonchev–Trinajstić information content (AvgIpc) is 2.54. The summed E-state index contributed by atoms with van der Waals surface area (Å²) in [6.07, 6.45) is 0.0988. The SMILES string of the molecule is [C-]#[N+]c1c(F)c(Cl)c(Cc2ccc(N(C)C)cc2)c(C#N)c1F. The molecule has 0 saturated heterocycles. The first kappa shape index (κ1) is 16.7. The van der Waals surface area contributed by atoms with Gasteiger partial charge in [-0.25, -0.2) is 13.6 Å². The van der Waals surface area contributed by atoms with Gasteiger partial charge in [-0.3, -0.25) is 0 Å². The minimum absolute atomic E-state index is 0.0502. The summed E-state index contributed by atoms with van der Waals surface area (Å²) in [6.45, 7) is 6.82. The summed E-state index contributed by atoms with van der Waals surface area (Å²) < 4.78 is 28.1. The molecule has 116 valence electrons. The van der Waals surface area contributed by atoms with E-state index in [0.29, 0.717) is 0 Å². The van der Waals surface area contributed by atoms with Crippen LogP contribution in [-0.4, -0.2) is 14.1 Å². The standard InChI is InChI=1S/C17H12ClF2N3/c1-22-17-15(19)13(9-21)12(14(18)16(17)20)8-10-4-6-11(7-5-10)23(2)3/h4-7H,8H2,2-3H3. The monoisotopic (exact) mass is 331 g/mol. The van der Waals surface area contributed by atoms with Crippen LogP contribution in [0, 0.1) is 29.5 Å². The van der Waals surface area contributed by atoms with Gasteiger partial charge in [0.05, 0.1) is 17.2 Å². The lowest BCUT2D eigenvalue weighted by atomic mass is 9.98. The predicted molar refractivity (Wildman–Crippen MR) is 85.9 cm³/mol. The first-order valence-corrected chi connectivity index (χ1v) is 7.01. The zero-order valence-corrected chi connectivity index (χ0v) is 13.2. The lowest BCUT2D eigenvalue weighted by molar-refractivity contribution is 0.588. The third-order valence-corrected chi connectivity index (χ3v) is 3.85. The van der Waals surface area contributed by atoms with Gasteiger partial charge in [-0.15, -0.1) is 0 Å². The quantitative estimate of drug-likeness (QED) is 0.603. The summed E-state index contributed by atoms with van der Waals surface area (Å²) in [7, 11) is 3.79. The molecule has 0 aliphatic rings. The highest BCUT2D eigenvalue weighted by Crippen LogP contribution is 2.36. The van der Waals surface area contributed by atoms with Gasteiger partial charge in [0.1, 0.15) is 6.07 Å². The number of halogens is 3. The van der Waals surface area contributed by atoms with E-state index in [2.05, 4.69) is 4.85 Å². The first-order valence-electron chi connectivity index (χ1n) is 6.63. The van der Waals surface area contributed by atoms with Gasteiger partial charge >= 0.3 is 0 Å². The first-order chi connectivity index (χ1) is 10.9. The fraction of sp³-hybridized carbons (Fsp3) is 0.176. The minimum atomic E-state index is -1.16. The molecule has 23 heavy (non-hydrogen) atoms. The molecule has 0 aromatic heterocycles. The Bertz CT molecular complexity index is 831. The summed E-state index contributed by atoms with van der Waals surface area (Å²) in [5, 5.41) is 8.77. The largest absolute Gasteiger partial charge is 0.378 e. The molecule has 0 radical (unpaired) electrons. The second kappa shape index (κ2) is 6.64. The number of nitrogens with zero attached hydrogens (tertiary/aromatic N) is 3. The molecule has 0 aliphatic heterocycles. The fourth-order valence-electron chi connectivity index (χ4n) is 2.19. The second-order valence-corrected chi connectivity index (χ2v) is 5.48. The molecule has 0 saturated carbocycles. The van der Waals surface area contributed by atoms with Gasteiger partial charge in [0.25, 0.3) is 5.69 Å². The number of rotatable bonds is 3. The maximum atomic E-state index is 14.1. The topological polar surface area (TPSA) is 31.4 Å². The van der Waals surface area contributed by atoms with Gasteiger partial charge in [-0.1, -0.05) is 23.7 Å². The van der Waals surface area contributed by atoms with Crippen molar-refractivity contribution in [3.05, 3.63) is 69.0 Å². The Labute approximate surface area is 138 Å². The van der Waals surface area contributed by atoms with Gasteiger partial charge in [0.15, 0.2) is 11.6 Å². The molecule has 6 heteroatoms. The van der Waals surface area contributed by atoms with E-state index in [1.165, 1.54) is 0 Å². The Kier molecular flexibility index (Phi) is 4.83. The van der Waals surface area contributed by atoms with Crippen molar-refractivity contribution in [1.29, 1.82) is 5.26 Å². The summed E-state index contributed by atoms with van der Waals surface area (Å²) in [4.78, 5) is 4.70. The number of benzene rings is 2. The molecular formula is C17H12ClF2N3. The second-order valence-electron chi connectivity index (χ2n) is 5.11. The molecule has 2 aromatic carbocycles. The van der Waals surface area contributed by atoms with Crippen LogP contribution in [0.25, 0.3) is 4.85 Å². The fourth-order valence-corrected chi connectivity index (χ4v) is 2.44. The summed E-state index contributed by atoms with van der Waals surface area (Å²) in [5.74, 6) is -2.29. The van der Waals surface area contributed by atoms with Gasteiger partial charge in [0.2, 0.25) is 0 Å². The molecule has 0 amide bonds. The zero-order valence-electron chi connectivity index (χ0n) is 12.5. The van der Waals surface area contributed by atoms with Gasteiger partial charge in [-0.2, -0.15) is 5.26 Å². The summed E-state index contributed by atoms with van der Waals surface area (Å²) in [5.41, 5.74) is 0.538. The Balaban J connectivity index is 2.52. The lowest BCUT2D eigenvalue weighted by Gasteiger charge is -2.14. The van der Waals surface area contributed by atoms with E-state index in [1.807, 2.05) is 31.1 Å². The highest BCUT2D eigenvalue weighted by Gasteiger charge is 2.24. The third-order valence-electron chi connectivity index (χ3n) is 3.45. The molecule has 2 aromatic rings.